The molecule has 0 spiro atoms. The zero-order valence-electron chi connectivity index (χ0n) is 11.2. The molecule has 0 aliphatic carbocycles. The van der Waals surface area contributed by atoms with E-state index in [0.29, 0.717) is 0 Å². The van der Waals surface area contributed by atoms with Crippen LogP contribution >= 0.6 is 11.8 Å². The quantitative estimate of drug-likeness (QED) is 0.851. The van der Waals surface area contributed by atoms with Gasteiger partial charge in [-0.3, -0.25) is 4.98 Å². The third-order valence-corrected chi connectivity index (χ3v) is 4.20. The van der Waals surface area contributed by atoms with Crippen LogP contribution in [0.25, 0.3) is 0 Å². The Morgan fingerprint density at radius 3 is 2.84 bits per heavy atom. The molecule has 1 aromatic heterocycles. The normalized spacial score (nSPS) is 12.2. The maximum atomic E-state index is 6.20. The molecule has 0 saturated heterocycles. The van der Waals surface area contributed by atoms with Crippen molar-refractivity contribution in [3.63, 3.8) is 0 Å². The van der Waals surface area contributed by atoms with E-state index in [1.807, 2.05) is 18.2 Å². The highest BCUT2D eigenvalue weighted by atomic mass is 32.2. The summed E-state index contributed by atoms with van der Waals surface area (Å²) in [4.78, 5) is 5.41. The number of rotatable bonds is 5. The molecule has 2 aromatic rings. The summed E-state index contributed by atoms with van der Waals surface area (Å²) in [6, 6.07) is 10.2. The third kappa shape index (κ3) is 3.72. The summed E-state index contributed by atoms with van der Waals surface area (Å²) in [5.74, 6) is 1.56. The smallest absolute Gasteiger partial charge is 0.137 e. The lowest BCUT2D eigenvalue weighted by molar-refractivity contribution is 0.412. The standard InChI is InChI=1S/C15H18N2OS/c1-11-5-3-4-6-15(11)19-10-14(16)12-7-13(18-2)9-17-8-12/h3-9,14H,10,16H2,1-2H3. The van der Waals surface area contributed by atoms with E-state index < -0.39 is 0 Å². The van der Waals surface area contributed by atoms with E-state index >= 15 is 0 Å². The van der Waals surface area contributed by atoms with Gasteiger partial charge in [-0.1, -0.05) is 18.2 Å². The fourth-order valence-electron chi connectivity index (χ4n) is 1.74. The molecule has 0 aliphatic rings. The summed E-state index contributed by atoms with van der Waals surface area (Å²) in [7, 11) is 1.63. The van der Waals surface area contributed by atoms with Gasteiger partial charge in [-0.25, -0.2) is 0 Å². The molecule has 0 bridgehead atoms. The van der Waals surface area contributed by atoms with Crippen molar-refractivity contribution in [1.82, 2.24) is 4.98 Å². The maximum absolute atomic E-state index is 6.20. The Morgan fingerprint density at radius 2 is 2.11 bits per heavy atom. The summed E-state index contributed by atoms with van der Waals surface area (Å²) in [5, 5.41) is 0. The minimum Gasteiger partial charge on any atom is -0.495 e. The average molecular weight is 274 g/mol. The van der Waals surface area contributed by atoms with Crippen LogP contribution < -0.4 is 10.5 Å². The van der Waals surface area contributed by atoms with Crippen LogP contribution in [-0.2, 0) is 0 Å². The van der Waals surface area contributed by atoms with Crippen LogP contribution in [0.15, 0.2) is 47.6 Å². The fraction of sp³-hybridized carbons (Fsp3) is 0.267. The lowest BCUT2D eigenvalue weighted by atomic mass is 10.1. The van der Waals surface area contributed by atoms with Gasteiger partial charge in [0.2, 0.25) is 0 Å². The van der Waals surface area contributed by atoms with E-state index in [1.165, 1.54) is 10.5 Å². The minimum absolute atomic E-state index is 0.0489. The molecule has 3 nitrogen and oxygen atoms in total. The number of pyridine rings is 1. The molecule has 1 unspecified atom stereocenters. The molecule has 0 radical (unpaired) electrons. The van der Waals surface area contributed by atoms with E-state index in [4.69, 9.17) is 10.5 Å². The highest BCUT2D eigenvalue weighted by Gasteiger charge is 2.09. The zero-order valence-corrected chi connectivity index (χ0v) is 12.0. The number of hydrogen-bond acceptors (Lipinski definition) is 4. The first kappa shape index (κ1) is 13.9. The van der Waals surface area contributed by atoms with Crippen molar-refractivity contribution in [3.8, 4) is 5.75 Å². The zero-order chi connectivity index (χ0) is 13.7. The molecule has 1 heterocycles. The van der Waals surface area contributed by atoms with Gasteiger partial charge in [-0.05, 0) is 30.2 Å². The van der Waals surface area contributed by atoms with Gasteiger partial charge < -0.3 is 10.5 Å². The van der Waals surface area contributed by atoms with Crippen LogP contribution in [-0.4, -0.2) is 17.8 Å². The molecule has 1 aromatic carbocycles. The first-order valence-electron chi connectivity index (χ1n) is 6.13. The van der Waals surface area contributed by atoms with Gasteiger partial charge in [0.05, 0.1) is 13.3 Å². The summed E-state index contributed by atoms with van der Waals surface area (Å²) in [5.41, 5.74) is 8.48. The first-order chi connectivity index (χ1) is 9.20. The molecule has 19 heavy (non-hydrogen) atoms. The third-order valence-electron chi connectivity index (χ3n) is 2.91. The van der Waals surface area contributed by atoms with Crippen molar-refractivity contribution in [3.05, 3.63) is 53.9 Å². The molecule has 0 amide bonds. The lowest BCUT2D eigenvalue weighted by Gasteiger charge is -2.13. The molecule has 4 heteroatoms. The van der Waals surface area contributed by atoms with E-state index in [9.17, 15) is 0 Å². The highest BCUT2D eigenvalue weighted by Crippen LogP contribution is 2.26. The molecule has 2 rings (SSSR count). The van der Waals surface area contributed by atoms with Gasteiger partial charge in [0, 0.05) is 22.9 Å². The van der Waals surface area contributed by atoms with Crippen LogP contribution in [0.2, 0.25) is 0 Å². The van der Waals surface area contributed by atoms with E-state index in [1.54, 1.807) is 31.3 Å². The monoisotopic (exact) mass is 274 g/mol. The minimum atomic E-state index is -0.0489. The largest absolute Gasteiger partial charge is 0.495 e. The Bertz CT molecular complexity index is 545. The van der Waals surface area contributed by atoms with Crippen LogP contribution in [0, 0.1) is 6.92 Å². The van der Waals surface area contributed by atoms with Crippen LogP contribution in [0.5, 0.6) is 5.75 Å². The summed E-state index contributed by atoms with van der Waals surface area (Å²) >= 11 is 1.77. The Balaban J connectivity index is 2.01. The SMILES string of the molecule is COc1cncc(C(N)CSc2ccccc2C)c1. The summed E-state index contributed by atoms with van der Waals surface area (Å²) in [6.07, 6.45) is 3.48. The van der Waals surface area contributed by atoms with E-state index in [0.717, 1.165) is 17.1 Å². The van der Waals surface area contributed by atoms with E-state index in [-0.39, 0.29) is 6.04 Å². The molecule has 2 N–H and O–H groups in total. The Kier molecular flexibility index (Phi) is 4.82. The second-order valence-corrected chi connectivity index (χ2v) is 5.40. The van der Waals surface area contributed by atoms with Crippen LogP contribution in [0.1, 0.15) is 17.2 Å². The van der Waals surface area contributed by atoms with Crippen molar-refractivity contribution in [1.29, 1.82) is 0 Å². The maximum Gasteiger partial charge on any atom is 0.137 e. The number of aryl methyl sites for hydroxylation is 1. The van der Waals surface area contributed by atoms with Crippen molar-refractivity contribution < 1.29 is 4.74 Å². The van der Waals surface area contributed by atoms with Crippen molar-refractivity contribution in [2.45, 2.75) is 17.9 Å². The van der Waals surface area contributed by atoms with Gasteiger partial charge in [0.25, 0.3) is 0 Å². The van der Waals surface area contributed by atoms with Gasteiger partial charge in [-0.15, -0.1) is 11.8 Å². The second kappa shape index (κ2) is 6.59. The molecular formula is C15H18N2OS. The van der Waals surface area contributed by atoms with Crippen molar-refractivity contribution in [2.24, 2.45) is 5.73 Å². The lowest BCUT2D eigenvalue weighted by Crippen LogP contribution is -2.13. The number of thioether (sulfide) groups is 1. The molecule has 0 fully saturated rings. The molecule has 100 valence electrons. The predicted molar refractivity (Wildman–Crippen MR) is 79.6 cm³/mol. The molecule has 1 atom stereocenters. The highest BCUT2D eigenvalue weighted by molar-refractivity contribution is 7.99. The van der Waals surface area contributed by atoms with Gasteiger partial charge in [0.15, 0.2) is 0 Å². The van der Waals surface area contributed by atoms with Crippen molar-refractivity contribution >= 4 is 11.8 Å². The Morgan fingerprint density at radius 1 is 1.32 bits per heavy atom. The number of nitrogens with two attached hydrogens (primary N) is 1. The predicted octanol–water partition coefficient (Wildman–Crippen LogP) is 3.19. The Hall–Kier alpha value is -1.52. The van der Waals surface area contributed by atoms with Gasteiger partial charge in [0.1, 0.15) is 5.75 Å². The molecule has 0 aliphatic heterocycles. The first-order valence-corrected chi connectivity index (χ1v) is 7.12. The van der Waals surface area contributed by atoms with Gasteiger partial charge in [-0.2, -0.15) is 0 Å². The number of benzene rings is 1. The average Bonchev–Trinajstić information content (AvgIpc) is 2.46. The fourth-order valence-corrected chi connectivity index (χ4v) is 2.77. The van der Waals surface area contributed by atoms with Crippen LogP contribution in [0.3, 0.4) is 0 Å². The molecule has 0 saturated carbocycles. The second-order valence-electron chi connectivity index (χ2n) is 4.34. The number of ether oxygens (including phenoxy) is 1. The summed E-state index contributed by atoms with van der Waals surface area (Å²) < 4.78 is 5.16. The number of methoxy groups -OCH3 is 1. The Labute approximate surface area is 118 Å². The topological polar surface area (TPSA) is 48.1 Å². The number of nitrogens with zero attached hydrogens (tertiary/aromatic N) is 1. The summed E-state index contributed by atoms with van der Waals surface area (Å²) in [6.45, 7) is 2.11. The van der Waals surface area contributed by atoms with Crippen LogP contribution in [0.4, 0.5) is 0 Å². The van der Waals surface area contributed by atoms with Gasteiger partial charge >= 0.3 is 0 Å². The number of hydrogen-bond donors (Lipinski definition) is 1. The number of aromatic nitrogens is 1. The van der Waals surface area contributed by atoms with E-state index in [2.05, 4.69) is 24.0 Å². The van der Waals surface area contributed by atoms with Crippen molar-refractivity contribution in [2.75, 3.05) is 12.9 Å². The molecular weight excluding hydrogens is 256 g/mol.